The largest absolute Gasteiger partial charge is 0.573 e. The van der Waals surface area contributed by atoms with Gasteiger partial charge in [-0.05, 0) is 0 Å². The van der Waals surface area contributed by atoms with Crippen LogP contribution in [0.15, 0.2) is 6.20 Å². The summed E-state index contributed by atoms with van der Waals surface area (Å²) in [6.07, 6.45) is -4.29. The van der Waals surface area contributed by atoms with Crippen LogP contribution in [0.25, 0.3) is 0 Å². The highest BCUT2D eigenvalue weighted by Gasteiger charge is 2.36. The van der Waals surface area contributed by atoms with Gasteiger partial charge in [-0.2, -0.15) is 0 Å². The number of nitrogens with zero attached hydrogens (tertiary/aromatic N) is 2. The summed E-state index contributed by atoms with van der Waals surface area (Å²) in [5.74, 6) is -2.00. The van der Waals surface area contributed by atoms with E-state index in [1.807, 2.05) is 0 Å². The molecule has 1 rings (SSSR count). The first-order valence-corrected chi connectivity index (χ1v) is 4.85. The molecule has 0 fully saturated rings. The van der Waals surface area contributed by atoms with Crippen LogP contribution in [0.2, 0.25) is 0 Å². The molecule has 0 atom stereocenters. The van der Waals surface area contributed by atoms with Crippen molar-refractivity contribution in [3.8, 4) is 11.5 Å². The Labute approximate surface area is 103 Å². The number of alkyl halides is 4. The van der Waals surface area contributed by atoms with E-state index in [0.717, 1.165) is 13.3 Å². The van der Waals surface area contributed by atoms with E-state index < -0.39 is 34.4 Å². The summed E-state index contributed by atoms with van der Waals surface area (Å²) in [5, 5.41) is 10.6. The van der Waals surface area contributed by atoms with E-state index in [1.54, 1.807) is 0 Å². The van der Waals surface area contributed by atoms with Crippen LogP contribution in [-0.2, 0) is 5.88 Å². The Kier molecular flexibility index (Phi) is 4.17. The van der Waals surface area contributed by atoms with Crippen molar-refractivity contribution in [3.63, 3.8) is 0 Å². The third kappa shape index (κ3) is 3.13. The zero-order valence-electron chi connectivity index (χ0n) is 8.82. The first-order valence-electron chi connectivity index (χ1n) is 4.32. The summed E-state index contributed by atoms with van der Waals surface area (Å²) in [6, 6.07) is 0. The number of rotatable bonds is 4. The van der Waals surface area contributed by atoms with Crippen LogP contribution >= 0.6 is 11.6 Å². The van der Waals surface area contributed by atoms with Crippen molar-refractivity contribution >= 4 is 17.3 Å². The third-order valence-corrected chi connectivity index (χ3v) is 2.04. The Hall–Kier alpha value is -1.77. The second-order valence-electron chi connectivity index (χ2n) is 2.89. The van der Waals surface area contributed by atoms with Gasteiger partial charge < -0.3 is 9.47 Å². The molecule has 0 saturated heterocycles. The van der Waals surface area contributed by atoms with Crippen molar-refractivity contribution in [2.45, 2.75) is 12.2 Å². The van der Waals surface area contributed by atoms with Crippen molar-refractivity contribution in [1.29, 1.82) is 0 Å². The Morgan fingerprint density at radius 2 is 2.11 bits per heavy atom. The van der Waals surface area contributed by atoms with Crippen molar-refractivity contribution in [1.82, 2.24) is 4.98 Å². The molecule has 1 aromatic heterocycles. The number of hydrogen-bond donors (Lipinski definition) is 0. The summed E-state index contributed by atoms with van der Waals surface area (Å²) < 4.78 is 44.8. The molecule has 0 bridgehead atoms. The van der Waals surface area contributed by atoms with Crippen LogP contribution < -0.4 is 9.47 Å². The van der Waals surface area contributed by atoms with Crippen molar-refractivity contribution in [2.75, 3.05) is 7.11 Å². The number of hydrogen-bond acceptors (Lipinski definition) is 5. The number of pyridine rings is 1. The van der Waals surface area contributed by atoms with Gasteiger partial charge in [0.25, 0.3) is 0 Å². The van der Waals surface area contributed by atoms with E-state index in [1.165, 1.54) is 0 Å². The predicted molar refractivity (Wildman–Crippen MR) is 53.7 cm³/mol. The third-order valence-electron chi connectivity index (χ3n) is 1.79. The molecule has 1 aromatic rings. The minimum atomic E-state index is -5.04. The first-order chi connectivity index (χ1) is 8.30. The van der Waals surface area contributed by atoms with Crippen molar-refractivity contribution in [2.24, 2.45) is 0 Å². The van der Waals surface area contributed by atoms with Crippen molar-refractivity contribution in [3.05, 3.63) is 22.0 Å². The van der Waals surface area contributed by atoms with Gasteiger partial charge in [-0.3, -0.25) is 10.1 Å². The number of aromatic nitrogens is 1. The minimum absolute atomic E-state index is 0.309. The molecule has 0 aliphatic carbocycles. The number of methoxy groups -OCH3 is 1. The molecule has 0 N–H and O–H groups in total. The topological polar surface area (TPSA) is 74.5 Å². The maximum Gasteiger partial charge on any atom is 0.573 e. The molecule has 0 amide bonds. The summed E-state index contributed by atoms with van der Waals surface area (Å²) in [7, 11) is 0.976. The van der Waals surface area contributed by atoms with Gasteiger partial charge in [0.05, 0.1) is 17.9 Å². The van der Waals surface area contributed by atoms with Gasteiger partial charge in [0.1, 0.15) is 11.9 Å². The summed E-state index contributed by atoms with van der Waals surface area (Å²) in [6.45, 7) is 0. The lowest BCUT2D eigenvalue weighted by Gasteiger charge is -2.14. The molecule has 10 heteroatoms. The molecular weight excluding hydrogens is 281 g/mol. The van der Waals surface area contributed by atoms with Gasteiger partial charge in [-0.15, -0.1) is 24.8 Å². The zero-order chi connectivity index (χ0) is 13.9. The van der Waals surface area contributed by atoms with E-state index in [0.29, 0.717) is 0 Å². The maximum atomic E-state index is 12.2. The van der Waals surface area contributed by atoms with E-state index >= 15 is 0 Å². The molecule has 100 valence electrons. The van der Waals surface area contributed by atoms with Gasteiger partial charge in [0, 0.05) is 0 Å². The summed E-state index contributed by atoms with van der Waals surface area (Å²) in [5.41, 5.74) is -1.05. The Morgan fingerprint density at radius 3 is 2.50 bits per heavy atom. The smallest absolute Gasteiger partial charge is 0.487 e. The molecule has 18 heavy (non-hydrogen) atoms. The van der Waals surface area contributed by atoms with E-state index in [4.69, 9.17) is 11.6 Å². The average Bonchev–Trinajstić information content (AvgIpc) is 2.26. The number of nitro groups is 1. The van der Waals surface area contributed by atoms with Crippen LogP contribution in [0.3, 0.4) is 0 Å². The number of ether oxygens (including phenoxy) is 2. The quantitative estimate of drug-likeness (QED) is 0.483. The Bertz CT molecular complexity index is 466. The van der Waals surface area contributed by atoms with E-state index in [-0.39, 0.29) is 5.69 Å². The van der Waals surface area contributed by atoms with Crippen LogP contribution in [0, 0.1) is 10.1 Å². The molecular formula is C8H6ClF3N2O4. The second kappa shape index (κ2) is 5.25. The number of halogens is 4. The van der Waals surface area contributed by atoms with Gasteiger partial charge in [-0.1, -0.05) is 0 Å². The summed E-state index contributed by atoms with van der Waals surface area (Å²) in [4.78, 5) is 13.1. The lowest BCUT2D eigenvalue weighted by Crippen LogP contribution is -2.19. The maximum absolute atomic E-state index is 12.2. The van der Waals surface area contributed by atoms with Crippen LogP contribution in [0.5, 0.6) is 11.5 Å². The van der Waals surface area contributed by atoms with Gasteiger partial charge >= 0.3 is 12.0 Å². The normalized spacial score (nSPS) is 11.2. The molecule has 0 aromatic carbocycles. The fourth-order valence-corrected chi connectivity index (χ4v) is 1.34. The Morgan fingerprint density at radius 1 is 1.50 bits per heavy atom. The molecule has 6 nitrogen and oxygen atoms in total. The summed E-state index contributed by atoms with van der Waals surface area (Å²) >= 11 is 5.39. The SMILES string of the molecule is COc1c([N+](=O)[O-])cnc(CCl)c1OC(F)(F)F. The molecule has 0 radical (unpaired) electrons. The first kappa shape index (κ1) is 14.3. The van der Waals surface area contributed by atoms with E-state index in [9.17, 15) is 23.3 Å². The zero-order valence-corrected chi connectivity index (χ0v) is 9.58. The van der Waals surface area contributed by atoms with E-state index in [2.05, 4.69) is 14.5 Å². The fourth-order valence-electron chi connectivity index (χ4n) is 1.15. The lowest BCUT2D eigenvalue weighted by molar-refractivity contribution is -0.386. The van der Waals surface area contributed by atoms with Crippen LogP contribution in [-0.4, -0.2) is 23.4 Å². The molecule has 1 heterocycles. The van der Waals surface area contributed by atoms with Gasteiger partial charge in [0.2, 0.25) is 11.5 Å². The molecule has 0 spiro atoms. The van der Waals surface area contributed by atoms with Crippen LogP contribution in [0.1, 0.15) is 5.69 Å². The molecule has 0 saturated carbocycles. The standard InChI is InChI=1S/C8H6ClF3N2O4/c1-17-7-5(14(15)16)3-13-4(2-9)6(7)18-8(10,11)12/h3H,2H2,1H3. The highest BCUT2D eigenvalue weighted by Crippen LogP contribution is 2.41. The second-order valence-corrected chi connectivity index (χ2v) is 3.16. The average molecular weight is 287 g/mol. The molecule has 0 unspecified atom stereocenters. The minimum Gasteiger partial charge on any atom is -0.487 e. The van der Waals surface area contributed by atoms with Crippen molar-refractivity contribution < 1.29 is 27.6 Å². The van der Waals surface area contributed by atoms with Crippen LogP contribution in [0.4, 0.5) is 18.9 Å². The lowest BCUT2D eigenvalue weighted by atomic mass is 10.3. The molecule has 0 aliphatic rings. The predicted octanol–water partition coefficient (Wildman–Crippen LogP) is 2.64. The fraction of sp³-hybridized carbons (Fsp3) is 0.375. The van der Waals surface area contributed by atoms with Gasteiger partial charge in [-0.25, -0.2) is 4.98 Å². The van der Waals surface area contributed by atoms with Gasteiger partial charge in [0.15, 0.2) is 0 Å². The monoisotopic (exact) mass is 286 g/mol. The Balaban J connectivity index is 3.41. The highest BCUT2D eigenvalue weighted by molar-refractivity contribution is 6.17. The molecule has 0 aliphatic heterocycles. The highest BCUT2D eigenvalue weighted by atomic mass is 35.5.